The summed E-state index contributed by atoms with van der Waals surface area (Å²) in [5, 5.41) is 0. The molecule has 0 radical (unpaired) electrons. The molecule has 0 spiro atoms. The molecule has 20 heavy (non-hydrogen) atoms. The molecule has 0 N–H and O–H groups in total. The van der Waals surface area contributed by atoms with E-state index in [9.17, 15) is 9.59 Å². The van der Waals surface area contributed by atoms with E-state index in [0.29, 0.717) is 33.8 Å². The zero-order valence-electron chi connectivity index (χ0n) is 11.3. The summed E-state index contributed by atoms with van der Waals surface area (Å²) in [7, 11) is 3.03. The molecule has 2 aromatic carbocycles. The van der Waals surface area contributed by atoms with E-state index in [-0.39, 0.29) is 0 Å². The first-order valence-electron chi connectivity index (χ1n) is 6.01. The van der Waals surface area contributed by atoms with Crippen LogP contribution in [0.3, 0.4) is 0 Å². The number of aldehydes is 2. The highest BCUT2D eigenvalue weighted by molar-refractivity contribution is 5.95. The maximum absolute atomic E-state index is 11.3. The third-order valence-electron chi connectivity index (χ3n) is 3.06. The van der Waals surface area contributed by atoms with Gasteiger partial charge in [0.25, 0.3) is 0 Å². The van der Waals surface area contributed by atoms with E-state index in [2.05, 4.69) is 0 Å². The van der Waals surface area contributed by atoms with Crippen molar-refractivity contribution in [1.29, 1.82) is 0 Å². The molecule has 0 atom stereocenters. The molecular weight excluding hydrogens is 256 g/mol. The second-order valence-corrected chi connectivity index (χ2v) is 4.12. The summed E-state index contributed by atoms with van der Waals surface area (Å²) >= 11 is 0. The molecular formula is C16H14O4. The number of methoxy groups -OCH3 is 2. The minimum atomic E-state index is 0.442. The Balaban J connectivity index is 2.72. The van der Waals surface area contributed by atoms with Gasteiger partial charge in [0.1, 0.15) is 0 Å². The molecule has 4 nitrogen and oxygen atoms in total. The molecule has 102 valence electrons. The minimum Gasteiger partial charge on any atom is -0.493 e. The van der Waals surface area contributed by atoms with Crippen LogP contribution < -0.4 is 9.47 Å². The van der Waals surface area contributed by atoms with Crippen molar-refractivity contribution in [2.45, 2.75) is 0 Å². The van der Waals surface area contributed by atoms with Crippen molar-refractivity contribution in [2.75, 3.05) is 14.2 Å². The molecule has 0 aliphatic rings. The first-order valence-corrected chi connectivity index (χ1v) is 6.01. The van der Waals surface area contributed by atoms with Crippen molar-refractivity contribution in [3.8, 4) is 22.6 Å². The Morgan fingerprint density at radius 1 is 0.800 bits per heavy atom. The Kier molecular flexibility index (Phi) is 4.15. The fourth-order valence-corrected chi connectivity index (χ4v) is 2.07. The van der Waals surface area contributed by atoms with Crippen molar-refractivity contribution in [3.05, 3.63) is 47.5 Å². The molecule has 2 aromatic rings. The largest absolute Gasteiger partial charge is 0.493 e. The lowest BCUT2D eigenvalue weighted by atomic mass is 9.96. The summed E-state index contributed by atoms with van der Waals surface area (Å²) in [4.78, 5) is 22.4. The summed E-state index contributed by atoms with van der Waals surface area (Å²) in [5.41, 5.74) is 2.28. The van der Waals surface area contributed by atoms with Gasteiger partial charge in [-0.2, -0.15) is 0 Å². The van der Waals surface area contributed by atoms with Crippen molar-refractivity contribution in [1.82, 2.24) is 0 Å². The Bertz CT molecular complexity index is 647. The Morgan fingerprint density at radius 2 is 1.40 bits per heavy atom. The smallest absolute Gasteiger partial charge is 0.161 e. The van der Waals surface area contributed by atoms with E-state index in [1.807, 2.05) is 6.07 Å². The number of rotatable bonds is 5. The van der Waals surface area contributed by atoms with Crippen molar-refractivity contribution < 1.29 is 19.1 Å². The summed E-state index contributed by atoms with van der Waals surface area (Å²) in [6.45, 7) is 0. The normalized spacial score (nSPS) is 9.90. The Hall–Kier alpha value is -2.62. The summed E-state index contributed by atoms with van der Waals surface area (Å²) in [5.74, 6) is 0.982. The van der Waals surface area contributed by atoms with E-state index in [1.165, 1.54) is 14.2 Å². The van der Waals surface area contributed by atoms with Gasteiger partial charge < -0.3 is 9.47 Å². The number of benzene rings is 2. The number of hydrogen-bond acceptors (Lipinski definition) is 4. The van der Waals surface area contributed by atoms with Crippen molar-refractivity contribution >= 4 is 12.6 Å². The summed E-state index contributed by atoms with van der Waals surface area (Å²) < 4.78 is 10.4. The van der Waals surface area contributed by atoms with E-state index in [4.69, 9.17) is 9.47 Å². The van der Waals surface area contributed by atoms with Crippen LogP contribution in [0.15, 0.2) is 36.4 Å². The van der Waals surface area contributed by atoms with Crippen LogP contribution in [0.25, 0.3) is 11.1 Å². The lowest BCUT2D eigenvalue weighted by Crippen LogP contribution is -1.97. The van der Waals surface area contributed by atoms with Crippen LogP contribution >= 0.6 is 0 Å². The van der Waals surface area contributed by atoms with Crippen LogP contribution in [0.1, 0.15) is 20.7 Å². The molecule has 0 aliphatic heterocycles. The standard InChI is InChI=1S/C16H14O4/c1-19-15-7-12(10-18)14(8-16(15)20-2)13-6-4-3-5-11(13)9-17/h3-10H,1-2H3. The number of ether oxygens (including phenoxy) is 2. The monoisotopic (exact) mass is 270 g/mol. The van der Waals surface area contributed by atoms with Gasteiger partial charge in [-0.25, -0.2) is 0 Å². The van der Waals surface area contributed by atoms with E-state index in [0.717, 1.165) is 12.6 Å². The molecule has 0 heterocycles. The van der Waals surface area contributed by atoms with Crippen LogP contribution in [0, 0.1) is 0 Å². The minimum absolute atomic E-state index is 0.442. The fraction of sp³-hybridized carbons (Fsp3) is 0.125. The average molecular weight is 270 g/mol. The highest BCUT2D eigenvalue weighted by Gasteiger charge is 2.14. The molecule has 4 heteroatoms. The van der Waals surface area contributed by atoms with Crippen LogP contribution in [0.2, 0.25) is 0 Å². The van der Waals surface area contributed by atoms with Gasteiger partial charge in [-0.15, -0.1) is 0 Å². The number of carbonyl (C=O) groups is 2. The second kappa shape index (κ2) is 6.02. The van der Waals surface area contributed by atoms with Crippen LogP contribution in [-0.4, -0.2) is 26.8 Å². The van der Waals surface area contributed by atoms with E-state index in [1.54, 1.807) is 30.3 Å². The lowest BCUT2D eigenvalue weighted by molar-refractivity contribution is 0.111. The van der Waals surface area contributed by atoms with Crippen molar-refractivity contribution in [2.24, 2.45) is 0 Å². The Morgan fingerprint density at radius 3 is 2.00 bits per heavy atom. The molecule has 0 fully saturated rings. The SMILES string of the molecule is COc1cc(C=O)c(-c2ccccc2C=O)cc1OC. The van der Waals surface area contributed by atoms with Gasteiger partial charge in [-0.05, 0) is 23.3 Å². The van der Waals surface area contributed by atoms with Crippen molar-refractivity contribution in [3.63, 3.8) is 0 Å². The van der Waals surface area contributed by atoms with Gasteiger partial charge in [0, 0.05) is 11.1 Å². The topological polar surface area (TPSA) is 52.6 Å². The van der Waals surface area contributed by atoms with E-state index < -0.39 is 0 Å². The maximum atomic E-state index is 11.3. The highest BCUT2D eigenvalue weighted by atomic mass is 16.5. The van der Waals surface area contributed by atoms with E-state index >= 15 is 0 Å². The zero-order chi connectivity index (χ0) is 14.5. The van der Waals surface area contributed by atoms with Crippen LogP contribution in [0.5, 0.6) is 11.5 Å². The third kappa shape index (κ3) is 2.40. The summed E-state index contributed by atoms with van der Waals surface area (Å²) in [6, 6.07) is 10.4. The van der Waals surface area contributed by atoms with Gasteiger partial charge in [0.15, 0.2) is 24.1 Å². The maximum Gasteiger partial charge on any atom is 0.161 e. The average Bonchev–Trinajstić information content (AvgIpc) is 2.53. The first kappa shape index (κ1) is 13.8. The fourth-order valence-electron chi connectivity index (χ4n) is 2.07. The molecule has 0 aliphatic carbocycles. The molecule has 2 rings (SSSR count). The quantitative estimate of drug-likeness (QED) is 0.784. The number of carbonyl (C=O) groups excluding carboxylic acids is 2. The second-order valence-electron chi connectivity index (χ2n) is 4.12. The molecule has 0 bridgehead atoms. The predicted molar refractivity (Wildman–Crippen MR) is 75.8 cm³/mol. The van der Waals surface area contributed by atoms with Gasteiger partial charge in [0.05, 0.1) is 14.2 Å². The van der Waals surface area contributed by atoms with Gasteiger partial charge >= 0.3 is 0 Å². The number of hydrogen-bond donors (Lipinski definition) is 0. The molecule has 0 saturated heterocycles. The van der Waals surface area contributed by atoms with Gasteiger partial charge in [-0.1, -0.05) is 24.3 Å². The molecule has 0 aromatic heterocycles. The Labute approximate surface area is 116 Å². The lowest BCUT2D eigenvalue weighted by Gasteiger charge is -2.13. The molecule has 0 saturated carbocycles. The van der Waals surface area contributed by atoms with Gasteiger partial charge in [0.2, 0.25) is 0 Å². The first-order chi connectivity index (χ1) is 9.74. The van der Waals surface area contributed by atoms with Crippen LogP contribution in [-0.2, 0) is 0 Å². The van der Waals surface area contributed by atoms with Gasteiger partial charge in [-0.3, -0.25) is 9.59 Å². The zero-order valence-corrected chi connectivity index (χ0v) is 11.3. The third-order valence-corrected chi connectivity index (χ3v) is 3.06. The highest BCUT2D eigenvalue weighted by Crippen LogP contribution is 2.36. The molecule has 0 amide bonds. The molecule has 0 unspecified atom stereocenters. The van der Waals surface area contributed by atoms with Crippen LogP contribution in [0.4, 0.5) is 0 Å². The summed E-state index contributed by atoms with van der Waals surface area (Å²) in [6.07, 6.45) is 1.50. The predicted octanol–water partition coefficient (Wildman–Crippen LogP) is 3.00.